The summed E-state index contributed by atoms with van der Waals surface area (Å²) >= 11 is 0. The third-order valence-corrected chi connectivity index (χ3v) is 4.22. The minimum atomic E-state index is 0.533. The zero-order valence-corrected chi connectivity index (χ0v) is 10.9. The quantitative estimate of drug-likeness (QED) is 0.796. The number of likely N-dealkylation sites (tertiary alicyclic amines) is 1. The van der Waals surface area contributed by atoms with Crippen LogP contribution in [0.15, 0.2) is 0 Å². The lowest BCUT2D eigenvalue weighted by atomic mass is 10.0. The lowest BCUT2D eigenvalue weighted by Crippen LogP contribution is -2.42. The zero-order valence-electron chi connectivity index (χ0n) is 10.9. The molecule has 1 atom stereocenters. The van der Waals surface area contributed by atoms with Crippen LogP contribution in [0.3, 0.4) is 0 Å². The highest BCUT2D eigenvalue weighted by Gasteiger charge is 2.30. The Bertz CT molecular complexity index is 404. The van der Waals surface area contributed by atoms with Gasteiger partial charge < -0.3 is 9.88 Å². The van der Waals surface area contributed by atoms with Gasteiger partial charge in [-0.25, -0.2) is 4.98 Å². The van der Waals surface area contributed by atoms with Crippen LogP contribution in [0.5, 0.6) is 0 Å². The van der Waals surface area contributed by atoms with E-state index in [1.165, 1.54) is 43.7 Å². The average Bonchev–Trinajstić information content (AvgIpc) is 2.66. The molecular weight excluding hydrogens is 212 g/mol. The molecule has 0 spiro atoms. The maximum absolute atomic E-state index is 4.67. The largest absolute Gasteiger partial charge is 0.334 e. The van der Waals surface area contributed by atoms with Crippen molar-refractivity contribution >= 4 is 0 Å². The van der Waals surface area contributed by atoms with Crippen molar-refractivity contribution in [1.29, 1.82) is 0 Å². The molecule has 1 fully saturated rings. The van der Waals surface area contributed by atoms with Gasteiger partial charge in [0.05, 0.1) is 17.4 Å². The van der Waals surface area contributed by atoms with Crippen LogP contribution in [-0.4, -0.2) is 34.1 Å². The smallest absolute Gasteiger partial charge is 0.105 e. The number of nitrogens with zero attached hydrogens (tertiary/aromatic N) is 3. The van der Waals surface area contributed by atoms with Gasteiger partial charge in [0.15, 0.2) is 0 Å². The van der Waals surface area contributed by atoms with Crippen LogP contribution in [-0.2, 0) is 13.6 Å². The van der Waals surface area contributed by atoms with Gasteiger partial charge in [-0.2, -0.15) is 0 Å². The Morgan fingerprint density at radius 3 is 2.76 bits per heavy atom. The Hall–Kier alpha value is -0.870. The number of aromatic nitrogens is 2. The average molecular weight is 234 g/mol. The van der Waals surface area contributed by atoms with Gasteiger partial charge in [-0.05, 0) is 32.9 Å². The summed E-state index contributed by atoms with van der Waals surface area (Å²) in [6.07, 6.45) is 4.10. The fraction of sp³-hybridized carbons (Fsp3) is 0.769. The van der Waals surface area contributed by atoms with Crippen molar-refractivity contribution in [1.82, 2.24) is 19.8 Å². The molecule has 0 bridgehead atoms. The van der Waals surface area contributed by atoms with Crippen molar-refractivity contribution in [2.45, 2.75) is 38.8 Å². The molecule has 2 aliphatic heterocycles. The van der Waals surface area contributed by atoms with Crippen LogP contribution in [0, 0.1) is 6.92 Å². The molecule has 1 unspecified atom stereocenters. The first kappa shape index (κ1) is 11.2. The van der Waals surface area contributed by atoms with Crippen molar-refractivity contribution in [3.63, 3.8) is 0 Å². The Morgan fingerprint density at radius 2 is 2.00 bits per heavy atom. The number of hydrogen-bond donors (Lipinski definition) is 1. The van der Waals surface area contributed by atoms with E-state index in [4.69, 9.17) is 0 Å². The predicted molar refractivity (Wildman–Crippen MR) is 67.8 cm³/mol. The summed E-state index contributed by atoms with van der Waals surface area (Å²) in [4.78, 5) is 7.30. The van der Waals surface area contributed by atoms with Crippen molar-refractivity contribution in [3.05, 3.63) is 17.2 Å². The summed E-state index contributed by atoms with van der Waals surface area (Å²) in [5.74, 6) is 1.14. The minimum Gasteiger partial charge on any atom is -0.334 e. The van der Waals surface area contributed by atoms with Gasteiger partial charge >= 0.3 is 0 Å². The molecule has 0 aliphatic carbocycles. The summed E-state index contributed by atoms with van der Waals surface area (Å²) in [6, 6.07) is 0.533. The molecule has 1 N–H and O–H groups in total. The molecule has 1 aromatic rings. The Morgan fingerprint density at radius 1 is 1.24 bits per heavy atom. The number of rotatable bonds is 1. The van der Waals surface area contributed by atoms with E-state index in [1.54, 1.807) is 0 Å². The lowest BCUT2D eigenvalue weighted by molar-refractivity contribution is 0.148. The van der Waals surface area contributed by atoms with Crippen LogP contribution in [0.2, 0.25) is 0 Å². The van der Waals surface area contributed by atoms with E-state index < -0.39 is 0 Å². The van der Waals surface area contributed by atoms with Gasteiger partial charge in [0.25, 0.3) is 0 Å². The van der Waals surface area contributed by atoms with Crippen LogP contribution >= 0.6 is 0 Å². The molecule has 2 aliphatic rings. The second-order valence-electron chi connectivity index (χ2n) is 5.29. The summed E-state index contributed by atoms with van der Waals surface area (Å²) in [6.45, 7) is 6.60. The third kappa shape index (κ3) is 1.89. The van der Waals surface area contributed by atoms with E-state index in [9.17, 15) is 0 Å². The molecule has 94 valence electrons. The van der Waals surface area contributed by atoms with Gasteiger partial charge in [0.1, 0.15) is 5.82 Å². The van der Waals surface area contributed by atoms with Gasteiger partial charge in [0.2, 0.25) is 0 Å². The fourth-order valence-electron chi connectivity index (χ4n) is 3.20. The number of imidazole rings is 1. The number of piperidine rings is 1. The molecule has 1 aromatic heterocycles. The van der Waals surface area contributed by atoms with E-state index in [-0.39, 0.29) is 0 Å². The van der Waals surface area contributed by atoms with Crippen molar-refractivity contribution in [2.75, 3.05) is 19.6 Å². The van der Waals surface area contributed by atoms with Crippen LogP contribution in [0.4, 0.5) is 0 Å². The minimum absolute atomic E-state index is 0.533. The Labute approximate surface area is 103 Å². The van der Waals surface area contributed by atoms with Crippen molar-refractivity contribution < 1.29 is 0 Å². The van der Waals surface area contributed by atoms with Gasteiger partial charge in [-0.3, -0.25) is 4.90 Å². The third-order valence-electron chi connectivity index (χ3n) is 4.22. The molecule has 0 radical (unpaired) electrons. The molecule has 0 aromatic carbocycles. The highest BCUT2D eigenvalue weighted by Crippen LogP contribution is 2.29. The maximum atomic E-state index is 4.67. The molecule has 3 rings (SSSR count). The first-order chi connectivity index (χ1) is 8.27. The molecule has 4 heteroatoms. The van der Waals surface area contributed by atoms with E-state index in [1.807, 2.05) is 0 Å². The molecule has 4 nitrogen and oxygen atoms in total. The lowest BCUT2D eigenvalue weighted by Gasteiger charge is -2.37. The van der Waals surface area contributed by atoms with Crippen LogP contribution in [0.25, 0.3) is 0 Å². The Kier molecular flexibility index (Phi) is 2.92. The summed E-state index contributed by atoms with van der Waals surface area (Å²) in [7, 11) is 2.16. The second-order valence-corrected chi connectivity index (χ2v) is 5.29. The Balaban J connectivity index is 1.92. The maximum Gasteiger partial charge on any atom is 0.105 e. The molecule has 0 amide bonds. The van der Waals surface area contributed by atoms with Crippen molar-refractivity contribution in [3.8, 4) is 0 Å². The summed E-state index contributed by atoms with van der Waals surface area (Å²) in [5, 5.41) is 3.51. The zero-order chi connectivity index (χ0) is 11.8. The summed E-state index contributed by atoms with van der Waals surface area (Å²) < 4.78 is 2.29. The fourth-order valence-corrected chi connectivity index (χ4v) is 3.20. The monoisotopic (exact) mass is 234 g/mol. The van der Waals surface area contributed by atoms with Gasteiger partial charge in [0, 0.05) is 20.1 Å². The molecule has 1 saturated heterocycles. The normalized spacial score (nSPS) is 25.9. The number of aryl methyl sites for hydroxylation is 1. The second kappa shape index (κ2) is 4.42. The molecule has 0 saturated carbocycles. The van der Waals surface area contributed by atoms with E-state index >= 15 is 0 Å². The number of nitrogens with one attached hydrogen (secondary N) is 1. The predicted octanol–water partition coefficient (Wildman–Crippen LogP) is 1.36. The highest BCUT2D eigenvalue weighted by atomic mass is 15.2. The number of fused-ring (bicyclic) bond motifs is 1. The topological polar surface area (TPSA) is 33.1 Å². The molecular formula is C13H22N4. The van der Waals surface area contributed by atoms with Crippen LogP contribution < -0.4 is 5.32 Å². The highest BCUT2D eigenvalue weighted by molar-refractivity contribution is 5.23. The first-order valence-corrected chi connectivity index (χ1v) is 6.74. The molecule has 3 heterocycles. The van der Waals surface area contributed by atoms with Crippen molar-refractivity contribution in [2.24, 2.45) is 7.05 Å². The van der Waals surface area contributed by atoms with E-state index in [0.717, 1.165) is 18.9 Å². The first-order valence-electron chi connectivity index (χ1n) is 6.74. The standard InChI is InChI=1S/C13H22N4/c1-10-15-11-8-14-9-12(13(11)16(10)2)17-6-4-3-5-7-17/h12,14H,3-9H2,1-2H3. The van der Waals surface area contributed by atoms with E-state index in [2.05, 4.69) is 33.7 Å². The SMILES string of the molecule is Cc1nc2c(n1C)C(N1CCCCC1)CNC2. The number of hydrogen-bond acceptors (Lipinski definition) is 3. The van der Waals surface area contributed by atoms with Gasteiger partial charge in [-0.15, -0.1) is 0 Å². The van der Waals surface area contributed by atoms with E-state index in [0.29, 0.717) is 6.04 Å². The van der Waals surface area contributed by atoms with Gasteiger partial charge in [-0.1, -0.05) is 6.42 Å². The molecule has 17 heavy (non-hydrogen) atoms. The summed E-state index contributed by atoms with van der Waals surface area (Å²) in [5.41, 5.74) is 2.70. The van der Waals surface area contributed by atoms with Crippen LogP contribution in [0.1, 0.15) is 42.5 Å².